The maximum Gasteiger partial charge on any atom is 0.130 e. The summed E-state index contributed by atoms with van der Waals surface area (Å²) < 4.78 is 0. The predicted molar refractivity (Wildman–Crippen MR) is 60.6 cm³/mol. The Bertz CT molecular complexity index is 287. The molecule has 2 nitrogen and oxygen atoms in total. The molecule has 0 bridgehead atoms. The molecule has 1 aliphatic carbocycles. The first kappa shape index (κ1) is 12.2. The van der Waals surface area contributed by atoms with Gasteiger partial charge in [-0.15, -0.1) is 0 Å². The van der Waals surface area contributed by atoms with Crippen molar-refractivity contribution in [2.24, 2.45) is 11.3 Å². The molecule has 0 amide bonds. The molecule has 0 N–H and O–H groups in total. The van der Waals surface area contributed by atoms with Crippen molar-refractivity contribution in [1.82, 2.24) is 0 Å². The van der Waals surface area contributed by atoms with Gasteiger partial charge in [-0.05, 0) is 31.1 Å². The molecule has 0 saturated carbocycles. The van der Waals surface area contributed by atoms with E-state index in [1.54, 1.807) is 6.92 Å². The van der Waals surface area contributed by atoms with Crippen molar-refractivity contribution in [1.29, 1.82) is 0 Å². The first-order valence-corrected chi connectivity index (χ1v) is 5.61. The van der Waals surface area contributed by atoms with Crippen LogP contribution >= 0.6 is 0 Å². The minimum atomic E-state index is 0.0936. The van der Waals surface area contributed by atoms with Gasteiger partial charge in [0.2, 0.25) is 0 Å². The summed E-state index contributed by atoms with van der Waals surface area (Å²) in [7, 11) is 0. The molecule has 0 aromatic heterocycles. The van der Waals surface area contributed by atoms with Gasteiger partial charge in [0.25, 0.3) is 0 Å². The molecule has 0 spiro atoms. The number of Topliss-reactive ketones (excluding diaryl/α,β-unsaturated/α-hetero) is 1. The molecule has 0 fully saturated rings. The van der Waals surface area contributed by atoms with Crippen LogP contribution in [-0.4, -0.2) is 12.1 Å². The smallest absolute Gasteiger partial charge is 0.130 e. The van der Waals surface area contributed by atoms with Gasteiger partial charge in [0, 0.05) is 12.8 Å². The van der Waals surface area contributed by atoms with Crippen LogP contribution in [0, 0.1) is 11.3 Å². The van der Waals surface area contributed by atoms with Crippen LogP contribution in [0.15, 0.2) is 11.6 Å². The molecule has 0 aliphatic heterocycles. The van der Waals surface area contributed by atoms with Crippen LogP contribution in [0.4, 0.5) is 0 Å². The Kier molecular flexibility index (Phi) is 3.83. The van der Waals surface area contributed by atoms with Gasteiger partial charge in [-0.3, -0.25) is 0 Å². The second-order valence-electron chi connectivity index (χ2n) is 4.99. The molecule has 15 heavy (non-hydrogen) atoms. The Morgan fingerprint density at radius 3 is 2.80 bits per heavy atom. The van der Waals surface area contributed by atoms with Gasteiger partial charge in [0.05, 0.1) is 0 Å². The maximum absolute atomic E-state index is 10.9. The van der Waals surface area contributed by atoms with Crippen LogP contribution in [0.2, 0.25) is 0 Å². The SMILES string of the molecule is CC(=O)CCC1=CC[C@H](CC=O)C1(C)C. The third kappa shape index (κ3) is 2.77. The van der Waals surface area contributed by atoms with E-state index in [2.05, 4.69) is 19.9 Å². The van der Waals surface area contributed by atoms with Crippen molar-refractivity contribution in [2.75, 3.05) is 0 Å². The zero-order chi connectivity index (χ0) is 11.5. The summed E-state index contributed by atoms with van der Waals surface area (Å²) in [6.07, 6.45) is 6.33. The van der Waals surface area contributed by atoms with Crippen LogP contribution in [0.3, 0.4) is 0 Å². The monoisotopic (exact) mass is 208 g/mol. The number of hydrogen-bond donors (Lipinski definition) is 0. The van der Waals surface area contributed by atoms with E-state index in [1.165, 1.54) is 5.57 Å². The largest absolute Gasteiger partial charge is 0.303 e. The fourth-order valence-corrected chi connectivity index (χ4v) is 2.35. The molecule has 0 aromatic rings. The molecule has 0 aromatic carbocycles. The number of rotatable bonds is 5. The fourth-order valence-electron chi connectivity index (χ4n) is 2.35. The van der Waals surface area contributed by atoms with Gasteiger partial charge >= 0.3 is 0 Å². The number of carbonyl (C=O) groups excluding carboxylic acids is 2. The van der Waals surface area contributed by atoms with Crippen molar-refractivity contribution < 1.29 is 9.59 Å². The van der Waals surface area contributed by atoms with Crippen molar-refractivity contribution in [3.05, 3.63) is 11.6 Å². The van der Waals surface area contributed by atoms with E-state index in [-0.39, 0.29) is 11.2 Å². The Balaban J connectivity index is 2.60. The zero-order valence-corrected chi connectivity index (χ0v) is 9.88. The van der Waals surface area contributed by atoms with E-state index in [9.17, 15) is 9.59 Å². The summed E-state index contributed by atoms with van der Waals surface area (Å²) in [4.78, 5) is 21.5. The summed E-state index contributed by atoms with van der Waals surface area (Å²) in [5, 5.41) is 0. The molecule has 1 rings (SSSR count). The first-order valence-electron chi connectivity index (χ1n) is 5.61. The van der Waals surface area contributed by atoms with E-state index in [0.717, 1.165) is 19.1 Å². The van der Waals surface area contributed by atoms with Gasteiger partial charge in [0.1, 0.15) is 12.1 Å². The highest BCUT2D eigenvalue weighted by atomic mass is 16.1. The van der Waals surface area contributed by atoms with Crippen LogP contribution < -0.4 is 0 Å². The topological polar surface area (TPSA) is 34.1 Å². The quantitative estimate of drug-likeness (QED) is 0.514. The fraction of sp³-hybridized carbons (Fsp3) is 0.692. The van der Waals surface area contributed by atoms with E-state index >= 15 is 0 Å². The van der Waals surface area contributed by atoms with Gasteiger partial charge in [-0.1, -0.05) is 25.5 Å². The first-order chi connectivity index (χ1) is 6.98. The Labute approximate surface area is 91.7 Å². The standard InChI is InChI=1S/C13H20O2/c1-10(15)4-5-11-6-7-12(8-9-14)13(11,2)3/h6,9,12H,4-5,7-8H2,1-3H3/t12-/m1/s1. The van der Waals surface area contributed by atoms with Crippen molar-refractivity contribution >= 4 is 12.1 Å². The van der Waals surface area contributed by atoms with E-state index in [1.807, 2.05) is 0 Å². The molecule has 2 heteroatoms. The highest BCUT2D eigenvalue weighted by molar-refractivity contribution is 5.75. The number of hydrogen-bond acceptors (Lipinski definition) is 2. The van der Waals surface area contributed by atoms with Gasteiger partial charge in [-0.25, -0.2) is 0 Å². The number of ketones is 1. The number of allylic oxidation sites excluding steroid dienone is 2. The molecule has 0 heterocycles. The Morgan fingerprint density at radius 1 is 1.60 bits per heavy atom. The van der Waals surface area contributed by atoms with Crippen molar-refractivity contribution in [3.8, 4) is 0 Å². The Morgan fingerprint density at radius 2 is 2.27 bits per heavy atom. The highest BCUT2D eigenvalue weighted by Crippen LogP contribution is 2.46. The maximum atomic E-state index is 10.9. The summed E-state index contributed by atoms with van der Waals surface area (Å²) >= 11 is 0. The molecule has 0 saturated heterocycles. The van der Waals surface area contributed by atoms with Crippen LogP contribution in [0.1, 0.15) is 46.5 Å². The zero-order valence-electron chi connectivity index (χ0n) is 9.88. The van der Waals surface area contributed by atoms with Gasteiger partial charge in [0.15, 0.2) is 0 Å². The summed E-state index contributed by atoms with van der Waals surface area (Å²) in [6.45, 7) is 5.99. The van der Waals surface area contributed by atoms with Crippen LogP contribution in [0.25, 0.3) is 0 Å². The van der Waals surface area contributed by atoms with E-state index in [0.29, 0.717) is 18.8 Å². The van der Waals surface area contributed by atoms with E-state index in [4.69, 9.17) is 0 Å². The molecular formula is C13H20O2. The van der Waals surface area contributed by atoms with Crippen molar-refractivity contribution in [2.45, 2.75) is 46.5 Å². The lowest BCUT2D eigenvalue weighted by Gasteiger charge is -2.29. The van der Waals surface area contributed by atoms with Crippen LogP contribution in [-0.2, 0) is 9.59 Å². The molecule has 84 valence electrons. The lowest BCUT2D eigenvalue weighted by molar-refractivity contribution is -0.117. The lowest BCUT2D eigenvalue weighted by atomic mass is 9.74. The molecule has 1 atom stereocenters. The second kappa shape index (κ2) is 4.73. The normalized spacial score (nSPS) is 23.7. The molecule has 1 aliphatic rings. The Hall–Kier alpha value is -0.920. The third-order valence-corrected chi connectivity index (χ3v) is 3.62. The summed E-state index contributed by atoms with van der Waals surface area (Å²) in [5.74, 6) is 0.669. The minimum Gasteiger partial charge on any atom is -0.303 e. The average molecular weight is 208 g/mol. The molecule has 0 radical (unpaired) electrons. The molecule has 0 unspecified atom stereocenters. The summed E-state index contributed by atoms with van der Waals surface area (Å²) in [6, 6.07) is 0. The highest BCUT2D eigenvalue weighted by Gasteiger charge is 2.36. The van der Waals surface area contributed by atoms with E-state index < -0.39 is 0 Å². The second-order valence-corrected chi connectivity index (χ2v) is 4.99. The van der Waals surface area contributed by atoms with Gasteiger partial charge in [-0.2, -0.15) is 0 Å². The molecular weight excluding hydrogens is 188 g/mol. The van der Waals surface area contributed by atoms with Gasteiger partial charge < -0.3 is 9.59 Å². The predicted octanol–water partition coefficient (Wildman–Crippen LogP) is 2.92. The lowest BCUT2D eigenvalue weighted by Crippen LogP contribution is -2.22. The number of carbonyl (C=O) groups is 2. The summed E-state index contributed by atoms with van der Waals surface area (Å²) in [5.41, 5.74) is 1.45. The van der Waals surface area contributed by atoms with Crippen LogP contribution in [0.5, 0.6) is 0 Å². The third-order valence-electron chi connectivity index (χ3n) is 3.62. The average Bonchev–Trinajstić information content (AvgIpc) is 2.40. The number of aldehydes is 1. The minimum absolute atomic E-state index is 0.0936. The van der Waals surface area contributed by atoms with Crippen molar-refractivity contribution in [3.63, 3.8) is 0 Å².